The molecule has 0 aromatic heterocycles. The van der Waals surface area contributed by atoms with Crippen molar-refractivity contribution in [2.75, 3.05) is 12.9 Å². The Hall–Kier alpha value is -0.710. The standard InChI is InChI=1S/C12H20N2O2S/c1-9(10(15)16-2)13-11-14-12(8-17-11)6-4-3-5-7-12/h9H,3-8H2,1-2H3,(H,13,14). The largest absolute Gasteiger partial charge is 0.467 e. The molecule has 1 heterocycles. The first-order chi connectivity index (χ1) is 8.15. The zero-order valence-electron chi connectivity index (χ0n) is 10.5. The van der Waals surface area contributed by atoms with Gasteiger partial charge in [-0.15, -0.1) is 0 Å². The van der Waals surface area contributed by atoms with Crippen LogP contribution < -0.4 is 5.32 Å². The van der Waals surface area contributed by atoms with E-state index < -0.39 is 6.04 Å². The van der Waals surface area contributed by atoms with Gasteiger partial charge in [-0.1, -0.05) is 31.0 Å². The fourth-order valence-corrected chi connectivity index (χ4v) is 3.77. The third-order valence-electron chi connectivity index (χ3n) is 3.52. The lowest BCUT2D eigenvalue weighted by atomic mass is 9.83. The molecule has 1 atom stereocenters. The van der Waals surface area contributed by atoms with Crippen LogP contribution in [0.15, 0.2) is 4.99 Å². The van der Waals surface area contributed by atoms with Crippen LogP contribution >= 0.6 is 11.8 Å². The lowest BCUT2D eigenvalue weighted by Crippen LogP contribution is -2.45. The number of carbonyl (C=O) groups is 1. The van der Waals surface area contributed by atoms with Crippen LogP contribution in [-0.2, 0) is 9.53 Å². The number of carbonyl (C=O) groups excluding carboxylic acids is 1. The molecule has 1 saturated heterocycles. The molecule has 2 rings (SSSR count). The van der Waals surface area contributed by atoms with Gasteiger partial charge < -0.3 is 10.1 Å². The van der Waals surface area contributed by atoms with E-state index >= 15 is 0 Å². The summed E-state index contributed by atoms with van der Waals surface area (Å²) in [6.07, 6.45) is 6.40. The van der Waals surface area contributed by atoms with Crippen molar-refractivity contribution in [1.82, 2.24) is 5.32 Å². The zero-order valence-corrected chi connectivity index (χ0v) is 11.3. The molecule has 5 heteroatoms. The molecule has 1 saturated carbocycles. The molecule has 4 nitrogen and oxygen atoms in total. The Morgan fingerprint density at radius 3 is 2.82 bits per heavy atom. The molecule has 0 aromatic carbocycles. The number of hydrogen-bond acceptors (Lipinski definition) is 4. The van der Waals surface area contributed by atoms with Crippen LogP contribution in [0, 0.1) is 0 Å². The number of esters is 1. The predicted octanol–water partition coefficient (Wildman–Crippen LogP) is 1.94. The maximum Gasteiger partial charge on any atom is 0.330 e. The molecule has 1 aliphatic carbocycles. The monoisotopic (exact) mass is 256 g/mol. The fraction of sp³-hybridized carbons (Fsp3) is 0.833. The van der Waals surface area contributed by atoms with Gasteiger partial charge in [0.2, 0.25) is 0 Å². The van der Waals surface area contributed by atoms with E-state index in [4.69, 9.17) is 0 Å². The van der Waals surface area contributed by atoms with Gasteiger partial charge in [0.25, 0.3) is 0 Å². The number of aliphatic imine (C=N–C) groups is 1. The fourth-order valence-electron chi connectivity index (χ4n) is 2.47. The van der Waals surface area contributed by atoms with Crippen molar-refractivity contribution in [3.05, 3.63) is 0 Å². The van der Waals surface area contributed by atoms with Crippen LogP contribution in [0.5, 0.6) is 0 Å². The highest BCUT2D eigenvalue weighted by Crippen LogP contribution is 2.36. The van der Waals surface area contributed by atoms with E-state index in [1.807, 2.05) is 0 Å². The summed E-state index contributed by atoms with van der Waals surface area (Å²) < 4.78 is 4.68. The highest BCUT2D eigenvalue weighted by molar-refractivity contribution is 8.14. The Morgan fingerprint density at radius 1 is 1.47 bits per heavy atom. The van der Waals surface area contributed by atoms with Gasteiger partial charge in [-0.25, -0.2) is 9.79 Å². The molecule has 0 bridgehead atoms. The molecule has 0 radical (unpaired) electrons. The summed E-state index contributed by atoms with van der Waals surface area (Å²) in [5.41, 5.74) is 0.248. The van der Waals surface area contributed by atoms with E-state index in [0.29, 0.717) is 0 Å². The lowest BCUT2D eigenvalue weighted by Gasteiger charge is -2.32. The maximum absolute atomic E-state index is 11.3. The highest BCUT2D eigenvalue weighted by Gasteiger charge is 2.38. The van der Waals surface area contributed by atoms with Gasteiger partial charge in [0.05, 0.1) is 7.11 Å². The second-order valence-corrected chi connectivity index (χ2v) is 5.85. The van der Waals surface area contributed by atoms with E-state index in [0.717, 1.165) is 10.9 Å². The van der Waals surface area contributed by atoms with Gasteiger partial charge in [0, 0.05) is 11.3 Å². The van der Waals surface area contributed by atoms with E-state index in [1.165, 1.54) is 39.2 Å². The van der Waals surface area contributed by atoms with Crippen LogP contribution in [0.4, 0.5) is 0 Å². The van der Waals surface area contributed by atoms with E-state index in [9.17, 15) is 4.79 Å². The van der Waals surface area contributed by atoms with E-state index in [2.05, 4.69) is 15.0 Å². The number of hydrogen-bond donors (Lipinski definition) is 1. The minimum Gasteiger partial charge on any atom is -0.467 e. The van der Waals surface area contributed by atoms with Crippen molar-refractivity contribution in [2.24, 2.45) is 4.99 Å². The second-order valence-electron chi connectivity index (χ2n) is 4.89. The summed E-state index contributed by atoms with van der Waals surface area (Å²) in [5, 5.41) is 4.43. The van der Waals surface area contributed by atoms with Gasteiger partial charge >= 0.3 is 5.97 Å². The minimum absolute atomic E-state index is 0.248. The number of amidine groups is 1. The number of thioether (sulfide) groups is 1. The number of ether oxygens (including phenoxy) is 1. The summed E-state index contributed by atoms with van der Waals surface area (Å²) >= 11 is 1.74. The van der Waals surface area contributed by atoms with Gasteiger partial charge in [0.15, 0.2) is 5.17 Å². The van der Waals surface area contributed by atoms with Crippen molar-refractivity contribution in [3.63, 3.8) is 0 Å². The van der Waals surface area contributed by atoms with Crippen molar-refractivity contribution < 1.29 is 9.53 Å². The predicted molar refractivity (Wildman–Crippen MR) is 70.3 cm³/mol. The summed E-state index contributed by atoms with van der Waals surface area (Å²) in [7, 11) is 1.40. The minimum atomic E-state index is -0.409. The number of nitrogens with zero attached hydrogens (tertiary/aromatic N) is 1. The summed E-state index contributed by atoms with van der Waals surface area (Å²) in [5.74, 6) is 0.809. The Kier molecular flexibility index (Phi) is 3.97. The van der Waals surface area contributed by atoms with Crippen LogP contribution in [0.1, 0.15) is 39.0 Å². The van der Waals surface area contributed by atoms with E-state index in [1.54, 1.807) is 18.7 Å². The quantitative estimate of drug-likeness (QED) is 0.767. The van der Waals surface area contributed by atoms with Crippen LogP contribution in [-0.4, -0.2) is 35.6 Å². The average Bonchev–Trinajstić information content (AvgIpc) is 2.72. The Bertz CT molecular complexity index is 324. The van der Waals surface area contributed by atoms with Crippen molar-refractivity contribution in [1.29, 1.82) is 0 Å². The Labute approximate surface area is 107 Å². The van der Waals surface area contributed by atoms with Gasteiger partial charge in [-0.2, -0.15) is 0 Å². The molecule has 1 unspecified atom stereocenters. The molecule has 17 heavy (non-hydrogen) atoms. The van der Waals surface area contributed by atoms with Crippen molar-refractivity contribution in [3.8, 4) is 0 Å². The molecule has 2 aliphatic rings. The van der Waals surface area contributed by atoms with Crippen LogP contribution in [0.25, 0.3) is 0 Å². The topological polar surface area (TPSA) is 50.7 Å². The number of rotatable bonds is 2. The average molecular weight is 256 g/mol. The first kappa shape index (κ1) is 12.7. The normalized spacial score (nSPS) is 26.8. The number of nitrogens with one attached hydrogen (secondary N) is 1. The van der Waals surface area contributed by atoms with Crippen molar-refractivity contribution in [2.45, 2.75) is 50.6 Å². The first-order valence-electron chi connectivity index (χ1n) is 6.22. The Morgan fingerprint density at radius 2 is 2.18 bits per heavy atom. The second kappa shape index (κ2) is 5.29. The van der Waals surface area contributed by atoms with Crippen molar-refractivity contribution >= 4 is 22.9 Å². The molecule has 0 amide bonds. The van der Waals surface area contributed by atoms with E-state index in [-0.39, 0.29) is 11.5 Å². The molecular weight excluding hydrogens is 236 g/mol. The third-order valence-corrected chi connectivity index (χ3v) is 4.70. The van der Waals surface area contributed by atoms with Crippen LogP contribution in [0.3, 0.4) is 0 Å². The summed E-state index contributed by atoms with van der Waals surface area (Å²) in [4.78, 5) is 15.7. The molecule has 96 valence electrons. The number of methoxy groups -OCH3 is 1. The maximum atomic E-state index is 11.3. The molecule has 1 N–H and O–H groups in total. The molecule has 1 aliphatic heterocycles. The molecule has 1 spiro atoms. The zero-order chi connectivity index (χ0) is 12.3. The van der Waals surface area contributed by atoms with Gasteiger partial charge in [-0.3, -0.25) is 0 Å². The SMILES string of the molecule is COC(=O)C(C)N=C1NC2(CCCCC2)CS1. The third kappa shape index (κ3) is 2.94. The molecular formula is C12H20N2O2S. The smallest absolute Gasteiger partial charge is 0.330 e. The first-order valence-corrected chi connectivity index (χ1v) is 7.20. The van der Waals surface area contributed by atoms with Gasteiger partial charge in [-0.05, 0) is 19.8 Å². The highest BCUT2D eigenvalue weighted by atomic mass is 32.2. The molecule has 0 aromatic rings. The van der Waals surface area contributed by atoms with Crippen LogP contribution in [0.2, 0.25) is 0 Å². The Balaban J connectivity index is 1.96. The molecule has 2 fully saturated rings. The summed E-state index contributed by atoms with van der Waals surface area (Å²) in [6.45, 7) is 1.77. The van der Waals surface area contributed by atoms with Gasteiger partial charge in [0.1, 0.15) is 6.04 Å². The lowest BCUT2D eigenvalue weighted by molar-refractivity contribution is -0.141. The summed E-state index contributed by atoms with van der Waals surface area (Å²) in [6, 6.07) is -0.409.